The number of carboxylic acid groups (broad SMARTS) is 1. The zero-order valence-corrected chi connectivity index (χ0v) is 13.6. The van der Waals surface area contributed by atoms with E-state index in [4.69, 9.17) is 16.7 Å². The second-order valence-corrected chi connectivity index (χ2v) is 5.83. The Morgan fingerprint density at radius 3 is 2.52 bits per heavy atom. The van der Waals surface area contributed by atoms with E-state index in [1.165, 1.54) is 6.07 Å². The number of carboxylic acids is 1. The van der Waals surface area contributed by atoms with E-state index < -0.39 is 11.5 Å². The van der Waals surface area contributed by atoms with Gasteiger partial charge in [-0.25, -0.2) is 4.79 Å². The third-order valence-electron chi connectivity index (χ3n) is 3.70. The third-order valence-corrected chi connectivity index (χ3v) is 3.92. The first-order valence-electron chi connectivity index (χ1n) is 7.37. The lowest BCUT2D eigenvalue weighted by molar-refractivity contribution is 0.0695. The van der Waals surface area contributed by atoms with E-state index >= 15 is 0 Å². The molecule has 0 saturated heterocycles. The molecular formula is C18H13ClN2O4. The number of benzene rings is 2. The smallest absolute Gasteiger partial charge is 0.341 e. The number of halogens is 1. The summed E-state index contributed by atoms with van der Waals surface area (Å²) in [6.45, 7) is 0.132. The van der Waals surface area contributed by atoms with Crippen molar-refractivity contribution in [2.45, 2.75) is 6.54 Å². The first-order valence-corrected chi connectivity index (χ1v) is 7.75. The number of pyridine rings is 1. The van der Waals surface area contributed by atoms with E-state index in [0.717, 1.165) is 0 Å². The summed E-state index contributed by atoms with van der Waals surface area (Å²) >= 11 is 6.08. The molecule has 0 atom stereocenters. The highest BCUT2D eigenvalue weighted by Crippen LogP contribution is 2.22. The summed E-state index contributed by atoms with van der Waals surface area (Å²) in [6.07, 6.45) is 0. The van der Waals surface area contributed by atoms with Gasteiger partial charge in [0, 0.05) is 22.5 Å². The highest BCUT2D eigenvalue weighted by atomic mass is 35.5. The maximum absolute atomic E-state index is 12.2. The molecule has 3 N–H and O–H groups in total. The molecule has 1 heterocycles. The second kappa shape index (κ2) is 6.78. The number of H-pyrrole nitrogens is 1. The van der Waals surface area contributed by atoms with Crippen molar-refractivity contribution in [3.8, 4) is 0 Å². The Bertz CT molecular complexity index is 1030. The van der Waals surface area contributed by atoms with Crippen LogP contribution in [0.5, 0.6) is 0 Å². The number of rotatable bonds is 4. The molecule has 6 nitrogen and oxygen atoms in total. The van der Waals surface area contributed by atoms with Crippen LogP contribution in [0.1, 0.15) is 26.3 Å². The van der Waals surface area contributed by atoms with Gasteiger partial charge >= 0.3 is 5.97 Å². The molecule has 7 heteroatoms. The predicted molar refractivity (Wildman–Crippen MR) is 94.2 cm³/mol. The Hall–Kier alpha value is -3.12. The van der Waals surface area contributed by atoms with Crippen LogP contribution in [0.3, 0.4) is 0 Å². The van der Waals surface area contributed by atoms with Crippen LogP contribution in [0.25, 0.3) is 10.9 Å². The largest absolute Gasteiger partial charge is 0.477 e. The fraction of sp³-hybridized carbons (Fsp3) is 0.0556. The van der Waals surface area contributed by atoms with Crippen molar-refractivity contribution in [1.29, 1.82) is 0 Å². The number of aromatic carboxylic acids is 1. The number of fused-ring (bicyclic) bond motifs is 1. The van der Waals surface area contributed by atoms with Crippen LogP contribution in [0, 0.1) is 0 Å². The Labute approximate surface area is 147 Å². The standard InChI is InChI=1S/C18H13ClN2O4/c19-13-6-11-8-14(18(24)25)17(23)21-15(11)12(7-13)9-20-16(22)10-4-2-1-3-5-10/h1-8H,9H2,(H,20,22)(H,21,23)(H,24,25). The molecule has 0 aliphatic carbocycles. The number of amides is 1. The number of aromatic amines is 1. The Morgan fingerprint density at radius 1 is 1.12 bits per heavy atom. The first-order chi connectivity index (χ1) is 12.0. The number of nitrogens with one attached hydrogen (secondary N) is 2. The number of carbonyl (C=O) groups is 2. The first kappa shape index (κ1) is 16.7. The van der Waals surface area contributed by atoms with E-state index in [1.807, 2.05) is 6.07 Å². The number of hydrogen-bond donors (Lipinski definition) is 3. The summed E-state index contributed by atoms with van der Waals surface area (Å²) < 4.78 is 0. The Kier molecular flexibility index (Phi) is 4.54. The average molecular weight is 357 g/mol. The molecule has 1 aromatic heterocycles. The van der Waals surface area contributed by atoms with Gasteiger partial charge in [0.05, 0.1) is 5.52 Å². The van der Waals surface area contributed by atoms with Crippen LogP contribution in [-0.4, -0.2) is 22.0 Å². The lowest BCUT2D eigenvalue weighted by Gasteiger charge is -2.10. The van der Waals surface area contributed by atoms with E-state index in [1.54, 1.807) is 36.4 Å². The van der Waals surface area contributed by atoms with Crippen LogP contribution in [0.4, 0.5) is 0 Å². The highest BCUT2D eigenvalue weighted by Gasteiger charge is 2.13. The summed E-state index contributed by atoms with van der Waals surface area (Å²) in [7, 11) is 0. The molecule has 2 aromatic carbocycles. The van der Waals surface area contributed by atoms with Crippen molar-refractivity contribution in [2.24, 2.45) is 0 Å². The minimum Gasteiger partial charge on any atom is -0.477 e. The molecule has 3 rings (SSSR count). The van der Waals surface area contributed by atoms with Gasteiger partial charge in [0.25, 0.3) is 11.5 Å². The maximum atomic E-state index is 12.2. The maximum Gasteiger partial charge on any atom is 0.341 e. The highest BCUT2D eigenvalue weighted by molar-refractivity contribution is 6.31. The quantitative estimate of drug-likeness (QED) is 0.669. The van der Waals surface area contributed by atoms with E-state index in [2.05, 4.69) is 10.3 Å². The molecule has 0 radical (unpaired) electrons. The summed E-state index contributed by atoms with van der Waals surface area (Å²) in [4.78, 5) is 37.7. The van der Waals surface area contributed by atoms with E-state index in [9.17, 15) is 14.4 Å². The van der Waals surface area contributed by atoms with Crippen LogP contribution >= 0.6 is 11.6 Å². The molecule has 0 spiro atoms. The minimum atomic E-state index is -1.32. The Balaban J connectivity index is 1.96. The number of carbonyl (C=O) groups excluding carboxylic acids is 1. The molecule has 0 bridgehead atoms. The van der Waals surface area contributed by atoms with Gasteiger partial charge in [0.2, 0.25) is 0 Å². The Morgan fingerprint density at radius 2 is 1.84 bits per heavy atom. The fourth-order valence-corrected chi connectivity index (χ4v) is 2.77. The molecule has 3 aromatic rings. The fourth-order valence-electron chi connectivity index (χ4n) is 2.52. The number of hydrogen-bond acceptors (Lipinski definition) is 3. The molecule has 0 unspecified atom stereocenters. The van der Waals surface area contributed by atoms with Crippen LogP contribution in [0.2, 0.25) is 5.02 Å². The summed E-state index contributed by atoms with van der Waals surface area (Å²) in [5.74, 6) is -1.58. The van der Waals surface area contributed by atoms with Crippen molar-refractivity contribution >= 4 is 34.4 Å². The van der Waals surface area contributed by atoms with Gasteiger partial charge in [0.1, 0.15) is 5.56 Å². The molecular weight excluding hydrogens is 344 g/mol. The van der Waals surface area contributed by atoms with Crippen molar-refractivity contribution in [3.05, 3.63) is 80.6 Å². The van der Waals surface area contributed by atoms with Gasteiger partial charge in [-0.3, -0.25) is 9.59 Å². The molecule has 0 fully saturated rings. The average Bonchev–Trinajstić information content (AvgIpc) is 2.59. The lowest BCUT2D eigenvalue weighted by atomic mass is 10.1. The van der Waals surface area contributed by atoms with Gasteiger partial charge in [-0.2, -0.15) is 0 Å². The zero-order chi connectivity index (χ0) is 18.0. The molecule has 126 valence electrons. The van der Waals surface area contributed by atoms with Gasteiger partial charge in [-0.1, -0.05) is 29.8 Å². The van der Waals surface area contributed by atoms with Crippen molar-refractivity contribution in [3.63, 3.8) is 0 Å². The third kappa shape index (κ3) is 3.54. The van der Waals surface area contributed by atoms with Crippen LogP contribution in [-0.2, 0) is 6.54 Å². The minimum absolute atomic E-state index is 0.132. The van der Waals surface area contributed by atoms with Gasteiger partial charge in [-0.05, 0) is 35.9 Å². The van der Waals surface area contributed by atoms with Gasteiger partial charge in [0.15, 0.2) is 0 Å². The van der Waals surface area contributed by atoms with Crippen molar-refractivity contribution in [2.75, 3.05) is 0 Å². The molecule has 1 amide bonds. The van der Waals surface area contributed by atoms with E-state index in [0.29, 0.717) is 27.1 Å². The van der Waals surface area contributed by atoms with Crippen LogP contribution < -0.4 is 10.9 Å². The summed E-state index contributed by atoms with van der Waals surface area (Å²) in [6, 6.07) is 13.1. The van der Waals surface area contributed by atoms with Crippen molar-refractivity contribution in [1.82, 2.24) is 10.3 Å². The summed E-state index contributed by atoms with van der Waals surface area (Å²) in [5.41, 5.74) is 0.455. The second-order valence-electron chi connectivity index (χ2n) is 5.40. The molecule has 0 aliphatic rings. The SMILES string of the molecule is O=C(NCc1cc(Cl)cc2cc(C(=O)O)c(=O)[nH]c12)c1ccccc1. The topological polar surface area (TPSA) is 99.3 Å². The molecule has 0 saturated carbocycles. The van der Waals surface area contributed by atoms with Crippen molar-refractivity contribution < 1.29 is 14.7 Å². The summed E-state index contributed by atoms with van der Waals surface area (Å²) in [5, 5.41) is 12.7. The van der Waals surface area contributed by atoms with E-state index in [-0.39, 0.29) is 18.0 Å². The normalized spacial score (nSPS) is 10.6. The molecule has 25 heavy (non-hydrogen) atoms. The zero-order valence-electron chi connectivity index (χ0n) is 12.9. The predicted octanol–water partition coefficient (Wildman–Crippen LogP) is 2.81. The molecule has 0 aliphatic heterocycles. The monoisotopic (exact) mass is 356 g/mol. The van der Waals surface area contributed by atoms with Gasteiger partial charge < -0.3 is 15.4 Å². The van der Waals surface area contributed by atoms with Crippen LogP contribution in [0.15, 0.2) is 53.3 Å². The number of aromatic nitrogens is 1. The van der Waals surface area contributed by atoms with Gasteiger partial charge in [-0.15, -0.1) is 0 Å². The lowest BCUT2D eigenvalue weighted by Crippen LogP contribution is -2.23.